The Kier molecular flexibility index (Phi) is 7.06. The highest BCUT2D eigenvalue weighted by atomic mass is 16.2. The molecule has 2 aliphatic heterocycles. The summed E-state index contributed by atoms with van der Waals surface area (Å²) in [4.78, 5) is 25.1. The molecule has 0 saturated carbocycles. The maximum Gasteiger partial charge on any atom is 0.254 e. The Morgan fingerprint density at radius 1 is 0.900 bits per heavy atom. The molecule has 0 radical (unpaired) electrons. The number of fused-ring (bicyclic) bond motifs is 1. The molecule has 4 aromatic rings. The minimum absolute atomic E-state index is 0.0483. The van der Waals surface area contributed by atoms with Gasteiger partial charge in [0, 0.05) is 50.4 Å². The van der Waals surface area contributed by atoms with Crippen molar-refractivity contribution in [3.8, 4) is 17.5 Å². The van der Waals surface area contributed by atoms with Crippen molar-refractivity contribution < 1.29 is 4.79 Å². The predicted octanol–water partition coefficient (Wildman–Crippen LogP) is 4.41. The largest absolute Gasteiger partial charge is 0.368 e. The van der Waals surface area contributed by atoms with Crippen molar-refractivity contribution in [1.29, 1.82) is 5.26 Å². The molecule has 6 rings (SSSR count). The first-order valence-corrected chi connectivity index (χ1v) is 13.8. The van der Waals surface area contributed by atoms with Gasteiger partial charge in [-0.2, -0.15) is 10.4 Å². The Bertz CT molecular complexity index is 1580. The summed E-state index contributed by atoms with van der Waals surface area (Å²) in [5, 5.41) is 14.2. The first kappa shape index (κ1) is 25.8. The van der Waals surface area contributed by atoms with Gasteiger partial charge >= 0.3 is 0 Å². The van der Waals surface area contributed by atoms with Gasteiger partial charge in [-0.05, 0) is 48.7 Å². The zero-order chi connectivity index (χ0) is 27.6. The molecular weight excluding hydrogens is 498 g/mol. The molecule has 0 spiro atoms. The second-order valence-electron chi connectivity index (χ2n) is 10.7. The van der Waals surface area contributed by atoms with Crippen molar-refractivity contribution in [2.24, 2.45) is 0 Å². The molecule has 8 heteroatoms. The van der Waals surface area contributed by atoms with Gasteiger partial charge in [-0.15, -0.1) is 0 Å². The normalized spacial score (nSPS) is 15.5. The molecule has 1 fully saturated rings. The highest BCUT2D eigenvalue weighted by Crippen LogP contribution is 2.25. The number of benzene rings is 3. The Morgan fingerprint density at radius 2 is 1.65 bits per heavy atom. The molecule has 40 heavy (non-hydrogen) atoms. The average molecular weight is 532 g/mol. The summed E-state index contributed by atoms with van der Waals surface area (Å²) in [6.07, 6.45) is 0. The highest BCUT2D eigenvalue weighted by Gasteiger charge is 2.27. The molecule has 0 N–H and O–H groups in total. The molecular formula is C32H33N7O. The predicted molar refractivity (Wildman–Crippen MR) is 155 cm³/mol. The van der Waals surface area contributed by atoms with E-state index in [0.717, 1.165) is 66.5 Å². The molecule has 1 saturated heterocycles. The second-order valence-corrected chi connectivity index (χ2v) is 10.7. The summed E-state index contributed by atoms with van der Waals surface area (Å²) in [5.41, 5.74) is 6.87. The van der Waals surface area contributed by atoms with Crippen LogP contribution in [0, 0.1) is 25.2 Å². The maximum atomic E-state index is 13.7. The van der Waals surface area contributed by atoms with Gasteiger partial charge in [-0.25, -0.2) is 9.67 Å². The Labute approximate surface area is 235 Å². The molecule has 202 valence electrons. The number of nitriles is 1. The lowest BCUT2D eigenvalue weighted by Gasteiger charge is -2.36. The van der Waals surface area contributed by atoms with E-state index in [2.05, 4.69) is 40.0 Å². The van der Waals surface area contributed by atoms with Crippen molar-refractivity contribution in [2.75, 3.05) is 37.6 Å². The minimum Gasteiger partial charge on any atom is -0.368 e. The van der Waals surface area contributed by atoms with Gasteiger partial charge < -0.3 is 9.80 Å². The van der Waals surface area contributed by atoms with Crippen LogP contribution in [0.4, 0.5) is 5.69 Å². The zero-order valence-corrected chi connectivity index (χ0v) is 23.0. The molecule has 1 amide bonds. The number of carbonyl (C=O) groups is 1. The number of nitrogens with zero attached hydrogens (tertiary/aromatic N) is 7. The van der Waals surface area contributed by atoms with Crippen LogP contribution in [0.15, 0.2) is 66.7 Å². The van der Waals surface area contributed by atoms with Crippen LogP contribution < -0.4 is 4.90 Å². The standard InChI is InChI=1S/C32H33N7O/c1-23-18-24(2)28(19-27(23)21-36-12-14-37(15-13-36)29-11-7-6-10-26(29)20-33)32(40)38-16-17-39-30(22-38)34-31(35-39)25-8-4-3-5-9-25/h3-11,18-19H,12-17,21-22H2,1-2H3. The van der Waals surface area contributed by atoms with Crippen LogP contribution in [-0.4, -0.2) is 63.2 Å². The van der Waals surface area contributed by atoms with E-state index in [1.807, 2.05) is 71.1 Å². The molecule has 0 bridgehead atoms. The molecule has 1 aromatic heterocycles. The SMILES string of the molecule is Cc1cc(C)c(C(=O)N2CCn3nc(-c4ccccc4)nc3C2)cc1CN1CCN(c2ccccc2C#N)CC1. The van der Waals surface area contributed by atoms with E-state index in [-0.39, 0.29) is 5.91 Å². The summed E-state index contributed by atoms with van der Waals surface area (Å²) < 4.78 is 1.92. The first-order valence-electron chi connectivity index (χ1n) is 13.8. The van der Waals surface area contributed by atoms with E-state index in [9.17, 15) is 10.1 Å². The van der Waals surface area contributed by atoms with Crippen LogP contribution >= 0.6 is 0 Å². The van der Waals surface area contributed by atoms with Gasteiger partial charge in [0.25, 0.3) is 5.91 Å². The van der Waals surface area contributed by atoms with Gasteiger partial charge in [-0.3, -0.25) is 9.69 Å². The molecule has 3 aromatic carbocycles. The molecule has 2 aliphatic rings. The maximum absolute atomic E-state index is 13.7. The molecule has 0 atom stereocenters. The number of anilines is 1. The first-order chi connectivity index (χ1) is 19.5. The average Bonchev–Trinajstić information content (AvgIpc) is 3.43. The Morgan fingerprint density at radius 3 is 2.42 bits per heavy atom. The summed E-state index contributed by atoms with van der Waals surface area (Å²) >= 11 is 0. The van der Waals surface area contributed by atoms with Crippen LogP contribution in [-0.2, 0) is 19.6 Å². The fourth-order valence-corrected chi connectivity index (χ4v) is 5.72. The molecule has 0 aliphatic carbocycles. The number of rotatable bonds is 5. The smallest absolute Gasteiger partial charge is 0.254 e. The number of hydrogen-bond acceptors (Lipinski definition) is 6. The summed E-state index contributed by atoms with van der Waals surface area (Å²) in [6.45, 7) is 10.2. The number of piperazine rings is 1. The number of aryl methyl sites for hydroxylation is 2. The van der Waals surface area contributed by atoms with Crippen LogP contribution in [0.1, 0.15) is 38.4 Å². The van der Waals surface area contributed by atoms with E-state index in [0.29, 0.717) is 25.5 Å². The van der Waals surface area contributed by atoms with Gasteiger partial charge in [-0.1, -0.05) is 48.5 Å². The number of para-hydroxylation sites is 1. The molecule has 3 heterocycles. The van der Waals surface area contributed by atoms with Gasteiger partial charge in [0.15, 0.2) is 5.82 Å². The van der Waals surface area contributed by atoms with E-state index >= 15 is 0 Å². The van der Waals surface area contributed by atoms with Crippen molar-refractivity contribution in [3.63, 3.8) is 0 Å². The second kappa shape index (κ2) is 10.9. The zero-order valence-electron chi connectivity index (χ0n) is 23.0. The van der Waals surface area contributed by atoms with Crippen molar-refractivity contribution >= 4 is 11.6 Å². The third-order valence-corrected chi connectivity index (χ3v) is 8.03. The fourth-order valence-electron chi connectivity index (χ4n) is 5.72. The van der Waals surface area contributed by atoms with Gasteiger partial charge in [0.2, 0.25) is 0 Å². The molecule has 8 nitrogen and oxygen atoms in total. The van der Waals surface area contributed by atoms with Crippen molar-refractivity contribution in [3.05, 3.63) is 100 Å². The number of carbonyl (C=O) groups excluding carboxylic acids is 1. The monoisotopic (exact) mass is 531 g/mol. The Hall–Kier alpha value is -4.48. The summed E-state index contributed by atoms with van der Waals surface area (Å²) in [6, 6.07) is 24.3. The third kappa shape index (κ3) is 5.08. The number of amides is 1. The third-order valence-electron chi connectivity index (χ3n) is 8.03. The van der Waals surface area contributed by atoms with Crippen LogP contribution in [0.5, 0.6) is 0 Å². The lowest BCUT2D eigenvalue weighted by Crippen LogP contribution is -2.46. The van der Waals surface area contributed by atoms with E-state index in [4.69, 9.17) is 4.98 Å². The molecule has 0 unspecified atom stereocenters. The highest BCUT2D eigenvalue weighted by molar-refractivity contribution is 5.96. The quantitative estimate of drug-likeness (QED) is 0.380. The minimum atomic E-state index is 0.0483. The van der Waals surface area contributed by atoms with Crippen molar-refractivity contribution in [1.82, 2.24) is 24.6 Å². The van der Waals surface area contributed by atoms with Crippen LogP contribution in [0.2, 0.25) is 0 Å². The van der Waals surface area contributed by atoms with E-state index in [1.165, 1.54) is 11.1 Å². The topological polar surface area (TPSA) is 81.3 Å². The summed E-state index contributed by atoms with van der Waals surface area (Å²) in [7, 11) is 0. The lowest BCUT2D eigenvalue weighted by molar-refractivity contribution is 0.0701. The van der Waals surface area contributed by atoms with Crippen molar-refractivity contribution in [2.45, 2.75) is 33.5 Å². The summed E-state index contributed by atoms with van der Waals surface area (Å²) in [5.74, 6) is 1.57. The fraction of sp³-hybridized carbons (Fsp3) is 0.312. The number of aromatic nitrogens is 3. The lowest BCUT2D eigenvalue weighted by atomic mass is 9.98. The van der Waals surface area contributed by atoms with E-state index < -0.39 is 0 Å². The van der Waals surface area contributed by atoms with Gasteiger partial charge in [0.1, 0.15) is 11.9 Å². The van der Waals surface area contributed by atoms with Crippen LogP contribution in [0.25, 0.3) is 11.4 Å². The number of hydrogen-bond donors (Lipinski definition) is 0. The van der Waals surface area contributed by atoms with Crippen LogP contribution in [0.3, 0.4) is 0 Å². The van der Waals surface area contributed by atoms with Gasteiger partial charge in [0.05, 0.1) is 24.3 Å². The Balaban J connectivity index is 1.14. The van der Waals surface area contributed by atoms with E-state index in [1.54, 1.807) is 0 Å².